The molecule has 1 heterocycles. The second kappa shape index (κ2) is 9.66. The molecule has 0 N–H and O–H groups in total. The number of hydrogen-bond acceptors (Lipinski definition) is 0. The Balaban J connectivity index is 1.36. The second-order valence-corrected chi connectivity index (χ2v) is 13.4. The van der Waals surface area contributed by atoms with Gasteiger partial charge in [-0.2, -0.15) is 0 Å². The van der Waals surface area contributed by atoms with Gasteiger partial charge >= 0.3 is 0 Å². The van der Waals surface area contributed by atoms with Crippen LogP contribution < -0.4 is 0 Å². The van der Waals surface area contributed by atoms with Gasteiger partial charge in [-0.15, -0.1) is 0 Å². The monoisotopic (exact) mass is 649 g/mol. The van der Waals surface area contributed by atoms with E-state index in [2.05, 4.69) is 178 Å². The zero-order valence-electron chi connectivity index (χ0n) is 25.0. The van der Waals surface area contributed by atoms with Crippen LogP contribution in [0.15, 0.2) is 162 Å². The van der Waals surface area contributed by atoms with E-state index in [0.29, 0.717) is 0 Å². The van der Waals surface area contributed by atoms with Crippen LogP contribution in [0.2, 0.25) is 0 Å². The lowest BCUT2D eigenvalue weighted by atomic mass is 9.70. The van der Waals surface area contributed by atoms with Gasteiger partial charge in [0, 0.05) is 32.9 Å². The summed E-state index contributed by atoms with van der Waals surface area (Å²) in [4.78, 5) is 0. The van der Waals surface area contributed by atoms with Crippen LogP contribution in [-0.4, -0.2) is 4.57 Å². The van der Waals surface area contributed by atoms with Gasteiger partial charge < -0.3 is 4.57 Å². The second-order valence-electron chi connectivity index (χ2n) is 12.5. The Morgan fingerprint density at radius 1 is 0.478 bits per heavy atom. The number of halogens is 1. The van der Waals surface area contributed by atoms with Gasteiger partial charge in [0.05, 0.1) is 10.9 Å². The fourth-order valence-corrected chi connectivity index (χ4v) is 8.95. The first-order valence-electron chi connectivity index (χ1n) is 15.9. The molecule has 1 aromatic heterocycles. The van der Waals surface area contributed by atoms with Crippen LogP contribution in [0.25, 0.3) is 55.2 Å². The smallest absolute Gasteiger partial charge is 0.0726 e. The van der Waals surface area contributed by atoms with Crippen LogP contribution in [0.1, 0.15) is 27.8 Å². The van der Waals surface area contributed by atoms with Gasteiger partial charge in [-0.1, -0.05) is 155 Å². The van der Waals surface area contributed by atoms with Gasteiger partial charge in [0.25, 0.3) is 0 Å². The minimum absolute atomic E-state index is 0.364. The normalized spacial score (nSPS) is 13.6. The van der Waals surface area contributed by atoms with E-state index < -0.39 is 0 Å². The van der Waals surface area contributed by atoms with Crippen LogP contribution in [0.5, 0.6) is 0 Å². The van der Waals surface area contributed by atoms with Crippen molar-refractivity contribution < 1.29 is 0 Å². The Kier molecular flexibility index (Phi) is 5.48. The molecule has 1 nitrogen and oxygen atoms in total. The first-order chi connectivity index (χ1) is 22.7. The molecule has 0 unspecified atom stereocenters. The summed E-state index contributed by atoms with van der Waals surface area (Å²) in [5, 5.41) is 2.59. The SMILES string of the molecule is Brc1ccccc1Cn1c2ccc(-c3ccccc3)cc2c2ccc3c(c21)-c1ccccc1C31c2ccccc2-c2ccccc21. The molecule has 0 fully saturated rings. The summed E-state index contributed by atoms with van der Waals surface area (Å²) in [6, 6.07) is 58.4. The lowest BCUT2D eigenvalue weighted by molar-refractivity contribution is 0.793. The molecule has 0 saturated carbocycles. The van der Waals surface area contributed by atoms with E-state index in [1.165, 1.54) is 83.0 Å². The summed E-state index contributed by atoms with van der Waals surface area (Å²) in [7, 11) is 0. The summed E-state index contributed by atoms with van der Waals surface area (Å²) in [5.41, 5.74) is 16.8. The predicted molar refractivity (Wildman–Crippen MR) is 194 cm³/mol. The maximum atomic E-state index is 3.87. The number of fused-ring (bicyclic) bond motifs is 14. The highest BCUT2D eigenvalue weighted by Crippen LogP contribution is 2.64. The third-order valence-electron chi connectivity index (χ3n) is 10.4. The summed E-state index contributed by atoms with van der Waals surface area (Å²) in [5.74, 6) is 0. The molecule has 216 valence electrons. The number of rotatable bonds is 3. The minimum Gasteiger partial charge on any atom is -0.335 e. The van der Waals surface area contributed by atoms with Gasteiger partial charge in [0.2, 0.25) is 0 Å². The number of aromatic nitrogens is 1. The fraction of sp³-hybridized carbons (Fsp3) is 0.0455. The van der Waals surface area contributed by atoms with Crippen molar-refractivity contribution in [2.24, 2.45) is 0 Å². The maximum Gasteiger partial charge on any atom is 0.0726 e. The van der Waals surface area contributed by atoms with Crippen LogP contribution in [0, 0.1) is 0 Å². The average molecular weight is 651 g/mol. The lowest BCUT2D eigenvalue weighted by Crippen LogP contribution is -2.25. The van der Waals surface area contributed by atoms with Gasteiger partial charge in [-0.25, -0.2) is 0 Å². The standard InChI is InChI=1S/C44H28BrN/c45-40-21-11-4-14-30(40)27-46-41-25-22-29(28-12-2-1-3-13-28)26-35(41)33-23-24-39-42(43(33)46)34-17-7-10-20-38(34)44(39)36-18-8-5-15-31(36)32-16-6-9-19-37(32)44/h1-26H,27H2. The topological polar surface area (TPSA) is 4.93 Å². The molecule has 0 bridgehead atoms. The Morgan fingerprint density at radius 3 is 1.80 bits per heavy atom. The molecular weight excluding hydrogens is 622 g/mol. The molecule has 8 aromatic rings. The molecular formula is C44H28BrN. The highest BCUT2D eigenvalue weighted by molar-refractivity contribution is 9.10. The molecule has 2 heteroatoms. The zero-order chi connectivity index (χ0) is 30.4. The number of benzene rings is 7. The first-order valence-corrected chi connectivity index (χ1v) is 16.7. The quantitative estimate of drug-likeness (QED) is 0.179. The van der Waals surface area contributed by atoms with E-state index in [-0.39, 0.29) is 5.41 Å². The van der Waals surface area contributed by atoms with E-state index >= 15 is 0 Å². The van der Waals surface area contributed by atoms with Crippen molar-refractivity contribution in [1.29, 1.82) is 0 Å². The van der Waals surface area contributed by atoms with Crippen molar-refractivity contribution in [2.75, 3.05) is 0 Å². The Morgan fingerprint density at radius 2 is 1.09 bits per heavy atom. The Bertz CT molecular complexity index is 2470. The summed E-state index contributed by atoms with van der Waals surface area (Å²) in [6.07, 6.45) is 0. The predicted octanol–water partition coefficient (Wildman–Crippen LogP) is 11.6. The fourth-order valence-electron chi connectivity index (χ4n) is 8.54. The van der Waals surface area contributed by atoms with Crippen LogP contribution in [0.3, 0.4) is 0 Å². The largest absolute Gasteiger partial charge is 0.335 e. The molecule has 2 aliphatic rings. The summed E-state index contributed by atoms with van der Waals surface area (Å²) >= 11 is 3.87. The van der Waals surface area contributed by atoms with E-state index in [9.17, 15) is 0 Å². The van der Waals surface area contributed by atoms with Crippen molar-refractivity contribution in [3.05, 3.63) is 190 Å². The molecule has 0 aliphatic heterocycles. The lowest BCUT2D eigenvalue weighted by Gasteiger charge is -2.30. The highest BCUT2D eigenvalue weighted by atomic mass is 79.9. The molecule has 2 aliphatic carbocycles. The number of nitrogens with zero attached hydrogens (tertiary/aromatic N) is 1. The van der Waals surface area contributed by atoms with Crippen molar-refractivity contribution in [3.8, 4) is 33.4 Å². The van der Waals surface area contributed by atoms with Crippen molar-refractivity contribution in [3.63, 3.8) is 0 Å². The third kappa shape index (κ3) is 3.35. The van der Waals surface area contributed by atoms with E-state index in [0.717, 1.165) is 11.0 Å². The molecule has 0 radical (unpaired) electrons. The van der Waals surface area contributed by atoms with Crippen molar-refractivity contribution in [1.82, 2.24) is 4.57 Å². The first kappa shape index (κ1) is 26.1. The summed E-state index contributed by atoms with van der Waals surface area (Å²) < 4.78 is 3.70. The molecule has 1 spiro atoms. The van der Waals surface area contributed by atoms with Crippen LogP contribution in [0.4, 0.5) is 0 Å². The van der Waals surface area contributed by atoms with Crippen LogP contribution in [-0.2, 0) is 12.0 Å². The van der Waals surface area contributed by atoms with Gasteiger partial charge in [0.1, 0.15) is 0 Å². The van der Waals surface area contributed by atoms with E-state index in [4.69, 9.17) is 0 Å². The average Bonchev–Trinajstić information content (AvgIpc) is 3.71. The molecule has 7 aromatic carbocycles. The van der Waals surface area contributed by atoms with E-state index in [1.807, 2.05) is 0 Å². The number of hydrogen-bond donors (Lipinski definition) is 0. The molecule has 0 atom stereocenters. The molecule has 46 heavy (non-hydrogen) atoms. The van der Waals surface area contributed by atoms with Crippen molar-refractivity contribution in [2.45, 2.75) is 12.0 Å². The maximum absolute atomic E-state index is 3.87. The molecule has 0 saturated heterocycles. The van der Waals surface area contributed by atoms with Gasteiger partial charge in [0.15, 0.2) is 0 Å². The third-order valence-corrected chi connectivity index (χ3v) is 11.1. The highest BCUT2D eigenvalue weighted by Gasteiger charge is 2.52. The Labute approximate surface area is 276 Å². The summed E-state index contributed by atoms with van der Waals surface area (Å²) in [6.45, 7) is 0.769. The van der Waals surface area contributed by atoms with Crippen molar-refractivity contribution >= 4 is 37.7 Å². The van der Waals surface area contributed by atoms with Gasteiger partial charge in [-0.05, 0) is 73.8 Å². The van der Waals surface area contributed by atoms with Crippen LogP contribution >= 0.6 is 15.9 Å². The molecule has 0 amide bonds. The zero-order valence-corrected chi connectivity index (χ0v) is 26.6. The van der Waals surface area contributed by atoms with E-state index in [1.54, 1.807) is 0 Å². The minimum atomic E-state index is -0.364. The van der Waals surface area contributed by atoms with Gasteiger partial charge in [-0.3, -0.25) is 0 Å². The Hall–Kier alpha value is -5.18. The molecule has 10 rings (SSSR count).